The van der Waals surface area contributed by atoms with E-state index in [1.807, 2.05) is 0 Å². The lowest BCUT2D eigenvalue weighted by Crippen LogP contribution is -2.53. The molecule has 3 atom stereocenters. The fourth-order valence-corrected chi connectivity index (χ4v) is 4.13. The van der Waals surface area contributed by atoms with Gasteiger partial charge in [0, 0.05) is 38.1 Å². The van der Waals surface area contributed by atoms with E-state index in [2.05, 4.69) is 4.90 Å². The molecule has 0 aromatic heterocycles. The summed E-state index contributed by atoms with van der Waals surface area (Å²) in [6.07, 6.45) is 5.98. The van der Waals surface area contributed by atoms with Crippen molar-refractivity contribution >= 4 is 5.91 Å². The number of hydrogen-bond donors (Lipinski definition) is 0. The standard InChI is InChI=1S/C16H26N2O3/c19-16(18-6-1-8-21-18)13-5-9-20-15-4-7-17(11-14(13)15)10-12-2-3-12/h12-15H,1-11H2/t13-,14+,15-/m1/s1. The number of fused-ring (bicyclic) bond motifs is 1. The maximum absolute atomic E-state index is 12.7. The predicted molar refractivity (Wildman–Crippen MR) is 77.4 cm³/mol. The van der Waals surface area contributed by atoms with E-state index in [4.69, 9.17) is 9.57 Å². The molecule has 0 spiro atoms. The number of ether oxygens (including phenoxy) is 1. The molecular weight excluding hydrogens is 268 g/mol. The molecule has 4 rings (SSSR count). The second kappa shape index (κ2) is 5.86. The van der Waals surface area contributed by atoms with Crippen molar-refractivity contribution in [1.29, 1.82) is 0 Å². The van der Waals surface area contributed by atoms with Crippen LogP contribution in [0, 0.1) is 17.8 Å². The van der Waals surface area contributed by atoms with Crippen LogP contribution in [0.25, 0.3) is 0 Å². The van der Waals surface area contributed by atoms with Crippen LogP contribution in [0.3, 0.4) is 0 Å². The molecule has 0 radical (unpaired) electrons. The highest BCUT2D eigenvalue weighted by Gasteiger charge is 2.44. The topological polar surface area (TPSA) is 42.0 Å². The van der Waals surface area contributed by atoms with Crippen molar-refractivity contribution < 1.29 is 14.4 Å². The summed E-state index contributed by atoms with van der Waals surface area (Å²) in [4.78, 5) is 20.8. The van der Waals surface area contributed by atoms with Crippen LogP contribution < -0.4 is 0 Å². The highest BCUT2D eigenvalue weighted by atomic mass is 16.7. The Hall–Kier alpha value is -0.650. The Labute approximate surface area is 126 Å². The smallest absolute Gasteiger partial charge is 0.249 e. The summed E-state index contributed by atoms with van der Waals surface area (Å²) < 4.78 is 5.96. The monoisotopic (exact) mass is 294 g/mol. The van der Waals surface area contributed by atoms with E-state index in [-0.39, 0.29) is 17.9 Å². The van der Waals surface area contributed by atoms with E-state index in [9.17, 15) is 4.79 Å². The van der Waals surface area contributed by atoms with Gasteiger partial charge in [-0.3, -0.25) is 9.63 Å². The van der Waals surface area contributed by atoms with Crippen molar-refractivity contribution in [1.82, 2.24) is 9.96 Å². The molecule has 3 heterocycles. The van der Waals surface area contributed by atoms with Gasteiger partial charge in [-0.1, -0.05) is 0 Å². The second-order valence-electron chi connectivity index (χ2n) is 7.09. The second-order valence-corrected chi connectivity index (χ2v) is 7.09. The normalized spacial score (nSPS) is 37.5. The minimum Gasteiger partial charge on any atom is -0.378 e. The molecule has 1 saturated carbocycles. The molecule has 0 aromatic carbocycles. The van der Waals surface area contributed by atoms with Crippen LogP contribution in [0.5, 0.6) is 0 Å². The average molecular weight is 294 g/mol. The molecule has 0 N–H and O–H groups in total. The molecule has 0 aromatic rings. The summed E-state index contributed by atoms with van der Waals surface area (Å²) in [6.45, 7) is 5.58. The lowest BCUT2D eigenvalue weighted by molar-refractivity contribution is -0.185. The first-order chi connectivity index (χ1) is 10.3. The predicted octanol–water partition coefficient (Wildman–Crippen LogP) is 1.29. The Kier molecular flexibility index (Phi) is 3.90. The highest BCUT2D eigenvalue weighted by Crippen LogP contribution is 2.37. The first-order valence-corrected chi connectivity index (χ1v) is 8.59. The van der Waals surface area contributed by atoms with Gasteiger partial charge < -0.3 is 9.64 Å². The van der Waals surface area contributed by atoms with Gasteiger partial charge in [-0.05, 0) is 38.0 Å². The van der Waals surface area contributed by atoms with Crippen molar-refractivity contribution in [3.05, 3.63) is 0 Å². The largest absolute Gasteiger partial charge is 0.378 e. The quantitative estimate of drug-likeness (QED) is 0.786. The van der Waals surface area contributed by atoms with Crippen molar-refractivity contribution in [3.63, 3.8) is 0 Å². The van der Waals surface area contributed by atoms with Crippen LogP contribution in [-0.4, -0.2) is 61.4 Å². The van der Waals surface area contributed by atoms with Crippen molar-refractivity contribution in [3.8, 4) is 0 Å². The lowest BCUT2D eigenvalue weighted by atomic mass is 9.79. The third-order valence-electron chi connectivity index (χ3n) is 5.48. The Bertz CT molecular complexity index is 393. The third kappa shape index (κ3) is 2.96. The first kappa shape index (κ1) is 14.0. The summed E-state index contributed by atoms with van der Waals surface area (Å²) >= 11 is 0. The maximum Gasteiger partial charge on any atom is 0.249 e. The van der Waals surface area contributed by atoms with Crippen LogP contribution >= 0.6 is 0 Å². The molecule has 0 bridgehead atoms. The molecule has 4 aliphatic rings. The first-order valence-electron chi connectivity index (χ1n) is 8.59. The number of carbonyl (C=O) groups is 1. The van der Waals surface area contributed by atoms with Gasteiger partial charge in [0.2, 0.25) is 5.91 Å². The van der Waals surface area contributed by atoms with Crippen LogP contribution in [-0.2, 0) is 14.4 Å². The van der Waals surface area contributed by atoms with E-state index in [1.165, 1.54) is 19.4 Å². The molecule has 1 amide bonds. The van der Waals surface area contributed by atoms with Gasteiger partial charge in [0.25, 0.3) is 0 Å². The summed E-state index contributed by atoms with van der Waals surface area (Å²) in [5, 5.41) is 1.62. The molecule has 21 heavy (non-hydrogen) atoms. The number of likely N-dealkylation sites (tertiary alicyclic amines) is 1. The van der Waals surface area contributed by atoms with E-state index >= 15 is 0 Å². The van der Waals surface area contributed by atoms with Gasteiger partial charge >= 0.3 is 0 Å². The molecule has 4 fully saturated rings. The Balaban J connectivity index is 1.43. The minimum atomic E-state index is 0.101. The van der Waals surface area contributed by atoms with Gasteiger partial charge in [-0.2, -0.15) is 0 Å². The summed E-state index contributed by atoms with van der Waals surface area (Å²) in [5.74, 6) is 1.59. The van der Waals surface area contributed by atoms with Gasteiger partial charge in [0.15, 0.2) is 0 Å². The van der Waals surface area contributed by atoms with Crippen molar-refractivity contribution in [2.75, 3.05) is 39.4 Å². The average Bonchev–Trinajstić information content (AvgIpc) is 3.16. The zero-order valence-corrected chi connectivity index (χ0v) is 12.7. The van der Waals surface area contributed by atoms with E-state index < -0.39 is 0 Å². The fourth-order valence-electron chi connectivity index (χ4n) is 4.13. The lowest BCUT2D eigenvalue weighted by Gasteiger charge is -2.45. The van der Waals surface area contributed by atoms with Gasteiger partial charge in [0.05, 0.1) is 19.3 Å². The van der Waals surface area contributed by atoms with E-state index in [0.29, 0.717) is 12.5 Å². The SMILES string of the molecule is O=C([C@@H]1CCO[C@@H]2CCN(CC3CC3)C[C@H]21)N1CCCO1. The van der Waals surface area contributed by atoms with Crippen LogP contribution in [0.15, 0.2) is 0 Å². The van der Waals surface area contributed by atoms with Crippen molar-refractivity contribution in [2.24, 2.45) is 17.8 Å². The Morgan fingerprint density at radius 3 is 2.76 bits per heavy atom. The summed E-state index contributed by atoms with van der Waals surface area (Å²) in [6, 6.07) is 0. The molecule has 5 heteroatoms. The van der Waals surface area contributed by atoms with Crippen LogP contribution in [0.1, 0.15) is 32.1 Å². The van der Waals surface area contributed by atoms with Gasteiger partial charge in [-0.15, -0.1) is 0 Å². The number of amides is 1. The zero-order chi connectivity index (χ0) is 14.2. The molecule has 0 unspecified atom stereocenters. The zero-order valence-electron chi connectivity index (χ0n) is 12.7. The molecule has 1 aliphatic carbocycles. The number of hydrogen-bond acceptors (Lipinski definition) is 4. The van der Waals surface area contributed by atoms with Gasteiger partial charge in [0.1, 0.15) is 0 Å². The molecule has 3 saturated heterocycles. The summed E-state index contributed by atoms with van der Waals surface area (Å²) in [5.41, 5.74) is 0. The van der Waals surface area contributed by atoms with E-state index in [0.717, 1.165) is 51.4 Å². The summed E-state index contributed by atoms with van der Waals surface area (Å²) in [7, 11) is 0. The third-order valence-corrected chi connectivity index (χ3v) is 5.48. The maximum atomic E-state index is 12.7. The number of carbonyl (C=O) groups excluding carboxylic acids is 1. The van der Waals surface area contributed by atoms with Gasteiger partial charge in [-0.25, -0.2) is 5.06 Å². The minimum absolute atomic E-state index is 0.101. The molecular formula is C16H26N2O3. The molecule has 5 nitrogen and oxygen atoms in total. The van der Waals surface area contributed by atoms with Crippen LogP contribution in [0.4, 0.5) is 0 Å². The van der Waals surface area contributed by atoms with Crippen LogP contribution in [0.2, 0.25) is 0 Å². The Morgan fingerprint density at radius 2 is 2.00 bits per heavy atom. The molecule has 3 aliphatic heterocycles. The molecule has 118 valence electrons. The number of nitrogens with zero attached hydrogens (tertiary/aromatic N) is 2. The number of hydroxylamine groups is 2. The highest BCUT2D eigenvalue weighted by molar-refractivity contribution is 5.78. The van der Waals surface area contributed by atoms with E-state index in [1.54, 1.807) is 5.06 Å². The van der Waals surface area contributed by atoms with Crippen molar-refractivity contribution in [2.45, 2.75) is 38.2 Å². The number of piperidine rings is 1. The Morgan fingerprint density at radius 1 is 1.10 bits per heavy atom. The fraction of sp³-hybridized carbons (Fsp3) is 0.938. The number of rotatable bonds is 3.